The van der Waals surface area contributed by atoms with Gasteiger partial charge in [0.1, 0.15) is 12.1 Å². The third-order valence-electron chi connectivity index (χ3n) is 8.99. The van der Waals surface area contributed by atoms with Crippen LogP contribution >= 0.6 is 0 Å². The quantitative estimate of drug-likeness (QED) is 0.0765. The maximum Gasteiger partial charge on any atom is 0.326 e. The highest BCUT2D eigenvalue weighted by Crippen LogP contribution is 2.33. The van der Waals surface area contributed by atoms with Gasteiger partial charge in [-0.3, -0.25) is 19.7 Å². The third-order valence-corrected chi connectivity index (χ3v) is 8.99. The van der Waals surface area contributed by atoms with Gasteiger partial charge in [0.25, 0.3) is 0 Å². The number of nitrogens with one attached hydrogen (secondary N) is 5. The predicted molar refractivity (Wildman–Crippen MR) is 190 cm³/mol. The number of ketones is 1. The number of aliphatic carboxylic acids is 1. The van der Waals surface area contributed by atoms with E-state index in [1.807, 2.05) is 13.8 Å². The number of carbonyl (C=O) groups is 5. The molecule has 0 saturated heterocycles. The summed E-state index contributed by atoms with van der Waals surface area (Å²) in [7, 11) is 0. The van der Waals surface area contributed by atoms with E-state index in [-0.39, 0.29) is 42.0 Å². The Morgan fingerprint density at radius 3 is 1.92 bits per heavy atom. The van der Waals surface area contributed by atoms with Crippen molar-refractivity contribution in [3.05, 3.63) is 0 Å². The molecule has 1 aliphatic rings. The monoisotopic (exact) mass is 681 g/mol. The van der Waals surface area contributed by atoms with Gasteiger partial charge < -0.3 is 32.1 Å². The fraction of sp³-hybridized carbons (Fsp3) is 0.861. The van der Waals surface area contributed by atoms with E-state index in [0.29, 0.717) is 32.1 Å². The number of carboxylic acid groups (broad SMARTS) is 1. The molecule has 0 heterocycles. The summed E-state index contributed by atoms with van der Waals surface area (Å²) < 4.78 is 0. The van der Waals surface area contributed by atoms with E-state index in [9.17, 15) is 29.1 Å². The average molecular weight is 681 g/mol. The smallest absolute Gasteiger partial charge is 0.326 e. The molecule has 1 saturated carbocycles. The van der Waals surface area contributed by atoms with Crippen molar-refractivity contribution < 1.29 is 29.1 Å². The highest BCUT2D eigenvalue weighted by atomic mass is 16.4. The van der Waals surface area contributed by atoms with E-state index < -0.39 is 47.5 Å². The summed E-state index contributed by atoms with van der Waals surface area (Å²) in [5.41, 5.74) is 4.62. The summed E-state index contributed by atoms with van der Waals surface area (Å²) in [6.07, 6.45) is 9.63. The third kappa shape index (κ3) is 17.6. The van der Waals surface area contributed by atoms with Gasteiger partial charge in [-0.15, -0.1) is 0 Å². The van der Waals surface area contributed by atoms with E-state index in [4.69, 9.17) is 5.73 Å². The van der Waals surface area contributed by atoms with Crippen molar-refractivity contribution in [3.63, 3.8) is 0 Å². The molecule has 0 unspecified atom stereocenters. The zero-order valence-corrected chi connectivity index (χ0v) is 31.2. The van der Waals surface area contributed by atoms with Gasteiger partial charge in [0.15, 0.2) is 5.78 Å². The number of urea groups is 1. The van der Waals surface area contributed by atoms with Crippen LogP contribution in [0.4, 0.5) is 4.79 Å². The Hall–Kier alpha value is -2.73. The van der Waals surface area contributed by atoms with Gasteiger partial charge in [0, 0.05) is 18.5 Å². The van der Waals surface area contributed by atoms with Crippen LogP contribution in [0.5, 0.6) is 0 Å². The first-order valence-electron chi connectivity index (χ1n) is 18.2. The zero-order chi connectivity index (χ0) is 36.5. The molecule has 12 nitrogen and oxygen atoms in total. The highest BCUT2D eigenvalue weighted by Gasteiger charge is 2.44. The molecule has 0 aromatic rings. The van der Waals surface area contributed by atoms with Crippen LogP contribution in [0.15, 0.2) is 0 Å². The highest BCUT2D eigenvalue weighted by molar-refractivity contribution is 5.93. The van der Waals surface area contributed by atoms with Gasteiger partial charge in [-0.05, 0) is 96.4 Å². The maximum absolute atomic E-state index is 13.9. The molecule has 278 valence electrons. The first-order valence-corrected chi connectivity index (χ1v) is 18.2. The summed E-state index contributed by atoms with van der Waals surface area (Å²) in [5.74, 6) is -2.21. The summed E-state index contributed by atoms with van der Waals surface area (Å²) in [6, 6.07) is -3.59. The van der Waals surface area contributed by atoms with Crippen LogP contribution in [0, 0.1) is 11.3 Å². The number of amides is 4. The predicted octanol–water partition coefficient (Wildman–Crippen LogP) is 4.54. The number of carbonyl (C=O) groups excluding carboxylic acids is 4. The molecule has 3 atom stereocenters. The van der Waals surface area contributed by atoms with Crippen LogP contribution in [0.2, 0.25) is 0 Å². The van der Waals surface area contributed by atoms with Gasteiger partial charge in [-0.1, -0.05) is 60.3 Å². The van der Waals surface area contributed by atoms with Gasteiger partial charge in [0.2, 0.25) is 11.8 Å². The molecule has 0 spiro atoms. The number of rotatable bonds is 23. The fourth-order valence-corrected chi connectivity index (χ4v) is 6.19. The molecule has 1 rings (SSSR count). The standard InChI is InChI=1S/C36H68N6O6/c1-25(2)29(42-36(21-13-14-22-36)28(43)19-10-9-12-20-34(3,4)5)31(45)40-26(18-16-23-38-33(37)48)30(44)41-27(32(46)47)17-11-15-24-39-35(6,7)8/h25-27,29,39,42H,9-24H2,1-8H3,(H,40,45)(H,41,44)(H,46,47)(H3,37,38,48)/t26-,27+,29-/m0/s1. The number of nitrogens with two attached hydrogens (primary N) is 1. The largest absolute Gasteiger partial charge is 0.480 e. The lowest BCUT2D eigenvalue weighted by Gasteiger charge is -2.35. The first-order chi connectivity index (χ1) is 22.3. The van der Waals surface area contributed by atoms with Crippen LogP contribution in [0.1, 0.15) is 145 Å². The van der Waals surface area contributed by atoms with E-state index in [1.165, 1.54) is 0 Å². The van der Waals surface area contributed by atoms with E-state index in [0.717, 1.165) is 51.5 Å². The van der Waals surface area contributed by atoms with Crippen molar-refractivity contribution in [2.45, 2.75) is 174 Å². The van der Waals surface area contributed by atoms with Gasteiger partial charge in [-0.25, -0.2) is 9.59 Å². The van der Waals surface area contributed by atoms with E-state index >= 15 is 0 Å². The first kappa shape index (κ1) is 43.3. The molecule has 0 aromatic carbocycles. The SMILES string of the molecule is CC(C)[C@H](NC1(C(=O)CCCCCC(C)(C)C)CCCC1)C(=O)N[C@@H](CCCNC(N)=O)C(=O)N[C@H](CCCCNC(C)(C)C)C(=O)O. The molecule has 12 heteroatoms. The fourth-order valence-electron chi connectivity index (χ4n) is 6.19. The lowest BCUT2D eigenvalue weighted by Crippen LogP contribution is -2.62. The molecule has 0 aromatic heterocycles. The number of hydrogen-bond donors (Lipinski definition) is 7. The minimum absolute atomic E-state index is 0.0471. The topological polar surface area (TPSA) is 192 Å². The van der Waals surface area contributed by atoms with Gasteiger partial charge in [-0.2, -0.15) is 0 Å². The van der Waals surface area contributed by atoms with Crippen molar-refractivity contribution >= 4 is 29.6 Å². The molecule has 8 N–H and O–H groups in total. The number of carboxylic acids is 1. The molecular formula is C36H68N6O6. The Morgan fingerprint density at radius 2 is 1.38 bits per heavy atom. The van der Waals surface area contributed by atoms with Crippen molar-refractivity contribution in [2.24, 2.45) is 17.1 Å². The van der Waals surface area contributed by atoms with Crippen LogP contribution in [0.3, 0.4) is 0 Å². The van der Waals surface area contributed by atoms with Gasteiger partial charge in [0.05, 0.1) is 11.6 Å². The molecule has 4 amide bonds. The van der Waals surface area contributed by atoms with Crippen molar-refractivity contribution in [1.82, 2.24) is 26.6 Å². The maximum atomic E-state index is 13.9. The minimum Gasteiger partial charge on any atom is -0.480 e. The molecule has 1 aliphatic carbocycles. The minimum atomic E-state index is -1.14. The number of unbranched alkanes of at least 4 members (excludes halogenated alkanes) is 3. The molecule has 1 fully saturated rings. The second-order valence-electron chi connectivity index (χ2n) is 16.3. The second kappa shape index (κ2) is 20.7. The van der Waals surface area contributed by atoms with Crippen molar-refractivity contribution in [1.29, 1.82) is 0 Å². The summed E-state index contributed by atoms with van der Waals surface area (Å²) >= 11 is 0. The Labute approximate surface area is 289 Å². The van der Waals surface area contributed by atoms with E-state index in [1.54, 1.807) is 0 Å². The van der Waals surface area contributed by atoms with E-state index in [2.05, 4.69) is 68.1 Å². The second-order valence-corrected chi connectivity index (χ2v) is 16.3. The van der Waals surface area contributed by atoms with Crippen LogP contribution in [-0.4, -0.2) is 77.0 Å². The Kier molecular flexibility index (Phi) is 18.7. The summed E-state index contributed by atoms with van der Waals surface area (Å²) in [4.78, 5) is 64.3. The number of hydrogen-bond acceptors (Lipinski definition) is 7. The zero-order valence-electron chi connectivity index (χ0n) is 31.2. The summed E-state index contributed by atoms with van der Waals surface area (Å²) in [5, 5.41) is 24.7. The van der Waals surface area contributed by atoms with Crippen molar-refractivity contribution in [3.8, 4) is 0 Å². The number of primary amides is 1. The average Bonchev–Trinajstić information content (AvgIpc) is 3.44. The van der Waals surface area contributed by atoms with Crippen LogP contribution in [-0.2, 0) is 19.2 Å². The van der Waals surface area contributed by atoms with Gasteiger partial charge >= 0.3 is 12.0 Å². The molecule has 48 heavy (non-hydrogen) atoms. The lowest BCUT2D eigenvalue weighted by atomic mass is 9.85. The van der Waals surface area contributed by atoms with Crippen LogP contribution < -0.4 is 32.3 Å². The number of Topliss-reactive ketones (excluding diaryl/α,β-unsaturated/α-hetero) is 1. The normalized spacial score (nSPS) is 16.6. The molecule has 0 aliphatic heterocycles. The Balaban J connectivity index is 3.01. The Morgan fingerprint density at radius 1 is 0.771 bits per heavy atom. The Bertz CT molecular complexity index is 1030. The molecule has 0 bridgehead atoms. The molecular weight excluding hydrogens is 612 g/mol. The van der Waals surface area contributed by atoms with Crippen molar-refractivity contribution in [2.75, 3.05) is 13.1 Å². The summed E-state index contributed by atoms with van der Waals surface area (Å²) in [6.45, 7) is 17.5. The molecule has 0 radical (unpaired) electrons. The lowest BCUT2D eigenvalue weighted by molar-refractivity contribution is -0.142. The van der Waals surface area contributed by atoms with Crippen LogP contribution in [0.25, 0.3) is 0 Å².